The average Bonchev–Trinajstić information content (AvgIpc) is 3.39. The number of aromatic nitrogens is 5. The first-order valence-electron chi connectivity index (χ1n) is 13.3. The minimum atomic E-state index is -0.379. The maximum atomic E-state index is 11.3. The molecule has 0 radical (unpaired) electrons. The normalized spacial score (nSPS) is 19.6. The van der Waals surface area contributed by atoms with Crippen LogP contribution in [0.5, 0.6) is 0 Å². The fourth-order valence-corrected chi connectivity index (χ4v) is 5.75. The number of hydrogen-bond donors (Lipinski definition) is 2. The zero-order chi connectivity index (χ0) is 25.5. The summed E-state index contributed by atoms with van der Waals surface area (Å²) < 4.78 is 5.70. The lowest BCUT2D eigenvalue weighted by Gasteiger charge is -2.44. The topological polar surface area (TPSA) is 112 Å². The van der Waals surface area contributed by atoms with Crippen LogP contribution >= 0.6 is 11.3 Å². The Hall–Kier alpha value is -2.73. The van der Waals surface area contributed by atoms with E-state index in [2.05, 4.69) is 47.0 Å². The van der Waals surface area contributed by atoms with Gasteiger partial charge in [-0.25, -0.2) is 24.7 Å². The zero-order valence-electron chi connectivity index (χ0n) is 21.5. The molecule has 0 amide bonds. The van der Waals surface area contributed by atoms with Crippen LogP contribution < -0.4 is 11.0 Å². The van der Waals surface area contributed by atoms with Gasteiger partial charge in [0.15, 0.2) is 5.13 Å². The number of nitrogens with zero attached hydrogens (tertiary/aromatic N) is 6. The number of ether oxygens (including phenoxy) is 1. The number of rotatable bonds is 6. The van der Waals surface area contributed by atoms with Gasteiger partial charge < -0.3 is 19.9 Å². The number of thiazole rings is 1. The van der Waals surface area contributed by atoms with Gasteiger partial charge in [0.1, 0.15) is 0 Å². The second-order valence-corrected chi connectivity index (χ2v) is 10.9. The van der Waals surface area contributed by atoms with E-state index in [9.17, 15) is 4.79 Å². The largest absolute Gasteiger partial charge is 0.375 e. The van der Waals surface area contributed by atoms with Crippen molar-refractivity contribution in [3.63, 3.8) is 0 Å². The number of aromatic amines is 1. The van der Waals surface area contributed by atoms with Gasteiger partial charge in [-0.2, -0.15) is 0 Å². The van der Waals surface area contributed by atoms with Gasteiger partial charge >= 0.3 is 5.69 Å². The maximum Gasteiger partial charge on any atom is 0.345 e. The van der Waals surface area contributed by atoms with Crippen LogP contribution in [-0.4, -0.2) is 79.7 Å². The van der Waals surface area contributed by atoms with Gasteiger partial charge in [0.05, 0.1) is 16.2 Å². The van der Waals surface area contributed by atoms with Crippen LogP contribution in [0.25, 0.3) is 10.6 Å². The third-order valence-electron chi connectivity index (χ3n) is 7.39. The number of H-pyrrole nitrogens is 1. The molecular formula is C26H36N8O2S. The lowest BCUT2D eigenvalue weighted by Crippen LogP contribution is -2.45. The standard InChI is InChI=1S/C18H22N8OS.C8H14O/c1-2-25-5-7-26(8-6-25)12-13-9-20-16(21-10-13)24-18-22-11-15(28-18)14-3-4-19-17(27)23-14;1-2-7-9-8(4-1)5-3-6-8/h3-4,9-11H,2,5-8,12H2,1H3,(H,19,23,27)(H,20,21,22,24);1-7H2. The minimum Gasteiger partial charge on any atom is -0.375 e. The van der Waals surface area contributed by atoms with Crippen molar-refractivity contribution in [3.05, 3.63) is 46.9 Å². The SMILES string of the molecule is C1CCC2(CCC2)OC1.CCN1CCN(Cc2cnc(Nc3ncc(-c4ccnc(=O)[nH]4)s3)nc2)CC1. The van der Waals surface area contributed by atoms with Gasteiger partial charge in [0.2, 0.25) is 5.95 Å². The van der Waals surface area contributed by atoms with E-state index >= 15 is 0 Å². The van der Waals surface area contributed by atoms with Crippen molar-refractivity contribution in [2.45, 2.75) is 57.6 Å². The number of hydrogen-bond acceptors (Lipinski definition) is 10. The highest BCUT2D eigenvalue weighted by molar-refractivity contribution is 7.18. The fourth-order valence-electron chi connectivity index (χ4n) is 4.96. The highest BCUT2D eigenvalue weighted by atomic mass is 32.1. The Balaban J connectivity index is 0.000000260. The van der Waals surface area contributed by atoms with E-state index in [1.807, 2.05) is 12.4 Å². The van der Waals surface area contributed by atoms with E-state index in [4.69, 9.17) is 4.74 Å². The minimum absolute atomic E-state index is 0.379. The molecule has 3 aromatic rings. The smallest absolute Gasteiger partial charge is 0.345 e. The summed E-state index contributed by atoms with van der Waals surface area (Å²) in [5, 5.41) is 3.77. The summed E-state index contributed by atoms with van der Waals surface area (Å²) in [5.74, 6) is 0.503. The highest BCUT2D eigenvalue weighted by Crippen LogP contribution is 2.42. The summed E-state index contributed by atoms with van der Waals surface area (Å²) >= 11 is 1.41. The van der Waals surface area contributed by atoms with Gasteiger partial charge in [0, 0.05) is 69.7 Å². The second-order valence-electron chi connectivity index (χ2n) is 9.91. The first-order valence-corrected chi connectivity index (χ1v) is 14.1. The molecule has 1 aliphatic carbocycles. The number of nitrogens with one attached hydrogen (secondary N) is 2. The average molecular weight is 525 g/mol. The van der Waals surface area contributed by atoms with Gasteiger partial charge in [-0.1, -0.05) is 18.3 Å². The van der Waals surface area contributed by atoms with Gasteiger partial charge in [-0.15, -0.1) is 0 Å². The zero-order valence-corrected chi connectivity index (χ0v) is 22.3. The molecule has 2 saturated heterocycles. The molecule has 0 atom stereocenters. The van der Waals surface area contributed by atoms with E-state index < -0.39 is 0 Å². The monoisotopic (exact) mass is 524 g/mol. The summed E-state index contributed by atoms with van der Waals surface area (Å²) in [4.78, 5) is 36.5. The van der Waals surface area contributed by atoms with Crippen LogP contribution in [-0.2, 0) is 11.3 Å². The predicted molar refractivity (Wildman–Crippen MR) is 145 cm³/mol. The molecule has 2 aliphatic heterocycles. The fraction of sp³-hybridized carbons (Fsp3) is 0.577. The maximum absolute atomic E-state index is 11.3. The van der Waals surface area contributed by atoms with Crippen LogP contribution in [0.4, 0.5) is 11.1 Å². The molecule has 10 nitrogen and oxygen atoms in total. The second kappa shape index (κ2) is 12.2. The Morgan fingerprint density at radius 1 is 1.00 bits per heavy atom. The van der Waals surface area contributed by atoms with Gasteiger partial charge in [-0.3, -0.25) is 4.90 Å². The Labute approximate surface area is 221 Å². The molecule has 1 spiro atoms. The van der Waals surface area contributed by atoms with Crippen molar-refractivity contribution >= 4 is 22.4 Å². The quantitative estimate of drug-likeness (QED) is 0.499. The van der Waals surface area contributed by atoms with Crippen molar-refractivity contribution in [2.75, 3.05) is 44.6 Å². The summed E-state index contributed by atoms with van der Waals surface area (Å²) in [6.45, 7) is 9.61. The van der Waals surface area contributed by atoms with Gasteiger partial charge in [0.25, 0.3) is 0 Å². The van der Waals surface area contributed by atoms with E-state index in [-0.39, 0.29) is 5.69 Å². The van der Waals surface area contributed by atoms with Crippen LogP contribution in [0.1, 0.15) is 51.0 Å². The van der Waals surface area contributed by atoms with Crippen LogP contribution in [0.15, 0.2) is 35.6 Å². The van der Waals surface area contributed by atoms with E-state index in [0.717, 1.165) is 56.3 Å². The molecule has 3 aromatic heterocycles. The molecule has 198 valence electrons. The molecule has 1 saturated carbocycles. The Kier molecular flexibility index (Phi) is 8.55. The van der Waals surface area contributed by atoms with Crippen LogP contribution in [0, 0.1) is 0 Å². The lowest BCUT2D eigenvalue weighted by molar-refractivity contribution is -0.127. The number of piperazine rings is 1. The molecule has 37 heavy (non-hydrogen) atoms. The predicted octanol–water partition coefficient (Wildman–Crippen LogP) is 3.67. The lowest BCUT2D eigenvalue weighted by atomic mass is 9.75. The summed E-state index contributed by atoms with van der Waals surface area (Å²) in [5.41, 5.74) is 1.81. The van der Waals surface area contributed by atoms with E-state index in [0.29, 0.717) is 22.4 Å². The van der Waals surface area contributed by atoms with Crippen molar-refractivity contribution in [2.24, 2.45) is 0 Å². The Morgan fingerprint density at radius 2 is 1.76 bits per heavy atom. The third kappa shape index (κ3) is 6.98. The van der Waals surface area contributed by atoms with Crippen molar-refractivity contribution < 1.29 is 4.74 Å². The summed E-state index contributed by atoms with van der Waals surface area (Å²) in [7, 11) is 0. The van der Waals surface area contributed by atoms with E-state index in [1.54, 1.807) is 12.3 Å². The van der Waals surface area contributed by atoms with Gasteiger partial charge in [-0.05, 0) is 51.1 Å². The van der Waals surface area contributed by atoms with E-state index in [1.165, 1.54) is 56.1 Å². The molecular weight excluding hydrogens is 488 g/mol. The van der Waals surface area contributed by atoms with Crippen LogP contribution in [0.3, 0.4) is 0 Å². The van der Waals surface area contributed by atoms with Crippen LogP contribution in [0.2, 0.25) is 0 Å². The van der Waals surface area contributed by atoms with Crippen molar-refractivity contribution in [3.8, 4) is 10.6 Å². The third-order valence-corrected chi connectivity index (χ3v) is 8.33. The molecule has 0 aromatic carbocycles. The Morgan fingerprint density at radius 3 is 2.38 bits per heavy atom. The van der Waals surface area contributed by atoms with Crippen molar-refractivity contribution in [1.29, 1.82) is 0 Å². The molecule has 0 unspecified atom stereocenters. The Bertz CT molecular complexity index is 1180. The molecule has 6 rings (SSSR count). The highest BCUT2D eigenvalue weighted by Gasteiger charge is 2.38. The first kappa shape index (κ1) is 25.9. The molecule has 0 bridgehead atoms. The molecule has 5 heterocycles. The summed E-state index contributed by atoms with van der Waals surface area (Å²) in [6, 6.07) is 1.74. The molecule has 3 aliphatic rings. The summed E-state index contributed by atoms with van der Waals surface area (Å²) in [6.07, 6.45) is 15.0. The molecule has 11 heteroatoms. The molecule has 2 N–H and O–H groups in total. The molecule has 3 fully saturated rings. The van der Waals surface area contributed by atoms with Crippen molar-refractivity contribution in [1.82, 2.24) is 34.7 Å². The number of anilines is 2. The first-order chi connectivity index (χ1) is 18.1. The number of likely N-dealkylation sites (N-methyl/N-ethyl adjacent to an activating group) is 1.